The number of nitrogens with zero attached hydrogens (tertiary/aromatic N) is 1. The topological polar surface area (TPSA) is 38.5 Å². The van der Waals surface area contributed by atoms with Crippen molar-refractivity contribution in [3.8, 4) is 5.75 Å². The van der Waals surface area contributed by atoms with Crippen molar-refractivity contribution < 1.29 is 4.74 Å². The second kappa shape index (κ2) is 8.98. The lowest BCUT2D eigenvalue weighted by Crippen LogP contribution is -2.35. The van der Waals surface area contributed by atoms with Crippen LogP contribution in [0, 0.1) is 0 Å². The fraction of sp³-hybridized carbons (Fsp3) is 0.647. The van der Waals surface area contributed by atoms with Gasteiger partial charge in [0, 0.05) is 12.6 Å². The molecule has 0 aliphatic rings. The zero-order valence-corrected chi connectivity index (χ0v) is 13.4. The number of nitrogens with two attached hydrogens (primary N) is 1. The Bertz CT molecular complexity index is 356. The van der Waals surface area contributed by atoms with Crippen molar-refractivity contribution >= 4 is 0 Å². The molecule has 0 aromatic heterocycles. The lowest BCUT2D eigenvalue weighted by Gasteiger charge is -2.30. The molecule has 1 aromatic rings. The summed E-state index contributed by atoms with van der Waals surface area (Å²) in [5, 5.41) is 0. The van der Waals surface area contributed by atoms with E-state index in [9.17, 15) is 0 Å². The van der Waals surface area contributed by atoms with Crippen LogP contribution in [0.2, 0.25) is 0 Å². The molecule has 0 saturated carbocycles. The Hall–Kier alpha value is -1.06. The number of ether oxygens (including phenoxy) is 1. The van der Waals surface area contributed by atoms with Gasteiger partial charge in [0.25, 0.3) is 0 Å². The van der Waals surface area contributed by atoms with Gasteiger partial charge in [-0.1, -0.05) is 26.0 Å². The Kier molecular flexibility index (Phi) is 7.63. The summed E-state index contributed by atoms with van der Waals surface area (Å²) < 4.78 is 5.69. The summed E-state index contributed by atoms with van der Waals surface area (Å²) in [5.41, 5.74) is 7.29. The van der Waals surface area contributed by atoms with Crippen LogP contribution in [0.3, 0.4) is 0 Å². The fourth-order valence-electron chi connectivity index (χ4n) is 2.53. The summed E-state index contributed by atoms with van der Waals surface area (Å²) in [6.07, 6.45) is 2.53. The molecule has 0 saturated heterocycles. The second-order valence-electron chi connectivity index (χ2n) is 5.52. The standard InChI is InChI=1S/C17H30N2O/c1-5-11-19(12-6-2)17(13-18)15-7-9-16(10-8-15)20-14(3)4/h7-10,14,17H,5-6,11-13,18H2,1-4H3. The van der Waals surface area contributed by atoms with Crippen LogP contribution in [0.5, 0.6) is 5.75 Å². The van der Waals surface area contributed by atoms with E-state index in [-0.39, 0.29) is 6.10 Å². The molecule has 0 heterocycles. The van der Waals surface area contributed by atoms with Gasteiger partial charge >= 0.3 is 0 Å². The lowest BCUT2D eigenvalue weighted by atomic mass is 10.0. The Morgan fingerprint density at radius 2 is 1.60 bits per heavy atom. The first-order chi connectivity index (χ1) is 9.62. The maximum atomic E-state index is 6.01. The molecule has 0 amide bonds. The molecule has 2 N–H and O–H groups in total. The van der Waals surface area contributed by atoms with Crippen LogP contribution < -0.4 is 10.5 Å². The van der Waals surface area contributed by atoms with Gasteiger partial charge in [-0.15, -0.1) is 0 Å². The van der Waals surface area contributed by atoms with E-state index in [2.05, 4.69) is 30.9 Å². The summed E-state index contributed by atoms with van der Waals surface area (Å²) in [7, 11) is 0. The molecule has 20 heavy (non-hydrogen) atoms. The third-order valence-corrected chi connectivity index (χ3v) is 3.32. The van der Waals surface area contributed by atoms with Crippen molar-refractivity contribution in [2.24, 2.45) is 5.73 Å². The minimum atomic E-state index is 0.211. The van der Waals surface area contributed by atoms with Gasteiger partial charge in [-0.3, -0.25) is 4.90 Å². The van der Waals surface area contributed by atoms with Gasteiger partial charge in [0.15, 0.2) is 0 Å². The highest BCUT2D eigenvalue weighted by Gasteiger charge is 2.17. The number of hydrogen-bond donors (Lipinski definition) is 1. The molecule has 3 nitrogen and oxygen atoms in total. The van der Waals surface area contributed by atoms with E-state index in [1.54, 1.807) is 0 Å². The molecule has 1 rings (SSSR count). The second-order valence-corrected chi connectivity index (χ2v) is 5.52. The quantitative estimate of drug-likeness (QED) is 0.750. The SMILES string of the molecule is CCCN(CCC)C(CN)c1ccc(OC(C)C)cc1. The molecule has 114 valence electrons. The van der Waals surface area contributed by atoms with Gasteiger partial charge in [-0.25, -0.2) is 0 Å². The molecule has 1 atom stereocenters. The first kappa shape index (κ1) is 17.0. The molecule has 0 aliphatic heterocycles. The normalized spacial score (nSPS) is 12.9. The van der Waals surface area contributed by atoms with Gasteiger partial charge in [0.2, 0.25) is 0 Å². The summed E-state index contributed by atoms with van der Waals surface area (Å²) >= 11 is 0. The highest BCUT2D eigenvalue weighted by molar-refractivity contribution is 5.29. The van der Waals surface area contributed by atoms with Gasteiger partial charge in [0.1, 0.15) is 5.75 Å². The Labute approximate surface area is 124 Å². The van der Waals surface area contributed by atoms with Crippen molar-refractivity contribution in [2.45, 2.75) is 52.7 Å². The molecule has 0 spiro atoms. The van der Waals surface area contributed by atoms with E-state index in [0.29, 0.717) is 12.6 Å². The number of benzene rings is 1. The smallest absolute Gasteiger partial charge is 0.119 e. The molecule has 0 fully saturated rings. The van der Waals surface area contributed by atoms with Crippen molar-refractivity contribution in [1.82, 2.24) is 4.90 Å². The zero-order valence-electron chi connectivity index (χ0n) is 13.4. The van der Waals surface area contributed by atoms with Gasteiger partial charge in [-0.05, 0) is 57.5 Å². The summed E-state index contributed by atoms with van der Waals surface area (Å²) in [5.74, 6) is 0.928. The molecule has 0 aliphatic carbocycles. The fourth-order valence-corrected chi connectivity index (χ4v) is 2.53. The molecular weight excluding hydrogens is 248 g/mol. The average Bonchev–Trinajstić information content (AvgIpc) is 2.41. The predicted octanol–water partition coefficient (Wildman–Crippen LogP) is 3.60. The highest BCUT2D eigenvalue weighted by Crippen LogP contribution is 2.23. The maximum Gasteiger partial charge on any atom is 0.119 e. The van der Waals surface area contributed by atoms with E-state index in [1.165, 1.54) is 5.56 Å². The van der Waals surface area contributed by atoms with E-state index in [4.69, 9.17) is 10.5 Å². The molecule has 0 bridgehead atoms. The highest BCUT2D eigenvalue weighted by atomic mass is 16.5. The van der Waals surface area contributed by atoms with Crippen molar-refractivity contribution in [3.63, 3.8) is 0 Å². The van der Waals surface area contributed by atoms with E-state index in [0.717, 1.165) is 31.7 Å². The van der Waals surface area contributed by atoms with Gasteiger partial charge in [0.05, 0.1) is 6.10 Å². The lowest BCUT2D eigenvalue weighted by molar-refractivity contribution is 0.201. The monoisotopic (exact) mass is 278 g/mol. The molecule has 0 radical (unpaired) electrons. The molecule has 1 aromatic carbocycles. The average molecular weight is 278 g/mol. The van der Waals surface area contributed by atoms with Crippen LogP contribution in [0.25, 0.3) is 0 Å². The first-order valence-electron chi connectivity index (χ1n) is 7.83. The van der Waals surface area contributed by atoms with E-state index in [1.807, 2.05) is 26.0 Å². The van der Waals surface area contributed by atoms with Crippen LogP contribution in [0.1, 0.15) is 52.1 Å². The largest absolute Gasteiger partial charge is 0.491 e. The van der Waals surface area contributed by atoms with Crippen molar-refractivity contribution in [2.75, 3.05) is 19.6 Å². The van der Waals surface area contributed by atoms with Crippen LogP contribution >= 0.6 is 0 Å². The molecular formula is C17H30N2O. The van der Waals surface area contributed by atoms with Gasteiger partial charge in [-0.2, -0.15) is 0 Å². The third-order valence-electron chi connectivity index (χ3n) is 3.32. The number of rotatable bonds is 9. The third kappa shape index (κ3) is 5.14. The summed E-state index contributed by atoms with van der Waals surface area (Å²) in [4.78, 5) is 2.48. The van der Waals surface area contributed by atoms with Crippen LogP contribution in [0.4, 0.5) is 0 Å². The predicted molar refractivity (Wildman–Crippen MR) is 86.2 cm³/mol. The molecule has 3 heteroatoms. The zero-order chi connectivity index (χ0) is 15.0. The summed E-state index contributed by atoms with van der Waals surface area (Å²) in [6, 6.07) is 8.70. The van der Waals surface area contributed by atoms with Crippen LogP contribution in [0.15, 0.2) is 24.3 Å². The minimum absolute atomic E-state index is 0.211. The Morgan fingerprint density at radius 3 is 2.00 bits per heavy atom. The minimum Gasteiger partial charge on any atom is -0.491 e. The van der Waals surface area contributed by atoms with E-state index >= 15 is 0 Å². The maximum absolute atomic E-state index is 6.01. The van der Waals surface area contributed by atoms with Gasteiger partial charge < -0.3 is 10.5 Å². The molecule has 1 unspecified atom stereocenters. The Balaban J connectivity index is 2.82. The summed E-state index contributed by atoms with van der Waals surface area (Å²) in [6.45, 7) is 11.4. The van der Waals surface area contributed by atoms with Crippen LogP contribution in [-0.4, -0.2) is 30.6 Å². The van der Waals surface area contributed by atoms with E-state index < -0.39 is 0 Å². The number of hydrogen-bond acceptors (Lipinski definition) is 3. The first-order valence-corrected chi connectivity index (χ1v) is 7.83. The van der Waals surface area contributed by atoms with Crippen LogP contribution in [-0.2, 0) is 0 Å². The van der Waals surface area contributed by atoms with Crippen molar-refractivity contribution in [1.29, 1.82) is 0 Å². The Morgan fingerprint density at radius 1 is 1.05 bits per heavy atom. The van der Waals surface area contributed by atoms with Crippen molar-refractivity contribution in [3.05, 3.63) is 29.8 Å².